The average Bonchev–Trinajstić information content (AvgIpc) is 2.56. The molecule has 1 aliphatic heterocycles. The Labute approximate surface area is 110 Å². The van der Waals surface area contributed by atoms with E-state index in [1.807, 2.05) is 0 Å². The second-order valence-electron chi connectivity index (χ2n) is 5.72. The van der Waals surface area contributed by atoms with Crippen molar-refractivity contribution < 1.29 is 4.79 Å². The quantitative estimate of drug-likeness (QED) is 0.797. The molecule has 1 aliphatic carbocycles. The number of nitrogens with two attached hydrogens (primary N) is 1. The van der Waals surface area contributed by atoms with E-state index in [1.165, 1.54) is 19.3 Å². The van der Waals surface area contributed by atoms with Crippen LogP contribution in [0.25, 0.3) is 0 Å². The van der Waals surface area contributed by atoms with Crippen molar-refractivity contribution in [2.45, 2.75) is 38.5 Å². The summed E-state index contributed by atoms with van der Waals surface area (Å²) in [7, 11) is 0. The van der Waals surface area contributed by atoms with E-state index in [0.29, 0.717) is 11.8 Å². The molecule has 2 fully saturated rings. The number of rotatable bonds is 5. The summed E-state index contributed by atoms with van der Waals surface area (Å²) >= 11 is 0. The van der Waals surface area contributed by atoms with Crippen LogP contribution >= 0.6 is 0 Å². The van der Waals surface area contributed by atoms with Crippen molar-refractivity contribution in [1.82, 2.24) is 9.80 Å². The molecule has 0 bridgehead atoms. The number of carbonyl (C=O) groups is 1. The predicted octanol–water partition coefficient (Wildman–Crippen LogP) is 1.06. The summed E-state index contributed by atoms with van der Waals surface area (Å²) in [6, 6.07) is 0. The number of hydrogen-bond acceptors (Lipinski definition) is 3. The molecular formula is C14H27N3O. The van der Waals surface area contributed by atoms with Gasteiger partial charge < -0.3 is 15.5 Å². The first-order valence-electron chi connectivity index (χ1n) is 7.50. The van der Waals surface area contributed by atoms with Gasteiger partial charge in [0.15, 0.2) is 0 Å². The zero-order valence-electron chi connectivity index (χ0n) is 11.4. The molecule has 104 valence electrons. The highest BCUT2D eigenvalue weighted by Crippen LogP contribution is 2.29. The Hall–Kier alpha value is -0.610. The molecular weight excluding hydrogens is 226 g/mol. The lowest BCUT2D eigenvalue weighted by Crippen LogP contribution is -2.37. The van der Waals surface area contributed by atoms with Crippen LogP contribution < -0.4 is 5.73 Å². The Kier molecular flexibility index (Phi) is 5.45. The van der Waals surface area contributed by atoms with Gasteiger partial charge in [0, 0.05) is 26.1 Å². The minimum Gasteiger partial charge on any atom is -0.341 e. The molecule has 0 aromatic carbocycles. The Morgan fingerprint density at radius 2 is 1.94 bits per heavy atom. The molecule has 4 nitrogen and oxygen atoms in total. The molecule has 0 unspecified atom stereocenters. The minimum absolute atomic E-state index is 0.389. The fourth-order valence-corrected chi connectivity index (χ4v) is 2.83. The molecule has 1 heterocycles. The maximum absolute atomic E-state index is 12.2. The molecule has 0 atom stereocenters. The maximum atomic E-state index is 12.2. The molecule has 1 amide bonds. The Morgan fingerprint density at radius 3 is 2.61 bits per heavy atom. The minimum atomic E-state index is 0.389. The second kappa shape index (κ2) is 7.10. The van der Waals surface area contributed by atoms with Crippen LogP contribution in [0, 0.1) is 5.92 Å². The summed E-state index contributed by atoms with van der Waals surface area (Å²) in [5.74, 6) is 1.08. The van der Waals surface area contributed by atoms with Crippen LogP contribution in [-0.4, -0.2) is 55.0 Å². The largest absolute Gasteiger partial charge is 0.341 e. The molecule has 0 aromatic heterocycles. The van der Waals surface area contributed by atoms with Gasteiger partial charge in [0.2, 0.25) is 5.91 Å². The summed E-state index contributed by atoms with van der Waals surface area (Å²) in [5.41, 5.74) is 5.55. The van der Waals surface area contributed by atoms with Gasteiger partial charge in [-0.15, -0.1) is 0 Å². The molecule has 1 saturated carbocycles. The van der Waals surface area contributed by atoms with Gasteiger partial charge in [-0.05, 0) is 51.2 Å². The summed E-state index contributed by atoms with van der Waals surface area (Å²) in [6.45, 7) is 5.85. The normalized spacial score (nSPS) is 22.6. The van der Waals surface area contributed by atoms with Crippen molar-refractivity contribution in [3.05, 3.63) is 0 Å². The highest BCUT2D eigenvalue weighted by atomic mass is 16.2. The van der Waals surface area contributed by atoms with E-state index in [9.17, 15) is 4.79 Å². The zero-order chi connectivity index (χ0) is 12.8. The van der Waals surface area contributed by atoms with Gasteiger partial charge in [0.1, 0.15) is 0 Å². The first-order valence-corrected chi connectivity index (χ1v) is 7.50. The first kappa shape index (κ1) is 13.8. The monoisotopic (exact) mass is 253 g/mol. The van der Waals surface area contributed by atoms with Crippen LogP contribution in [0.15, 0.2) is 0 Å². The van der Waals surface area contributed by atoms with Crippen molar-refractivity contribution in [2.24, 2.45) is 11.7 Å². The van der Waals surface area contributed by atoms with Crippen molar-refractivity contribution in [2.75, 3.05) is 39.3 Å². The Balaban J connectivity index is 1.71. The standard InChI is InChI=1S/C14H27N3O/c15-6-2-7-16-8-3-9-17(11-10-16)14(18)12-13-4-1-5-13/h13H,1-12,15H2. The van der Waals surface area contributed by atoms with E-state index in [2.05, 4.69) is 9.80 Å². The number of nitrogens with zero attached hydrogens (tertiary/aromatic N) is 2. The van der Waals surface area contributed by atoms with Crippen LogP contribution in [0.4, 0.5) is 0 Å². The molecule has 2 N–H and O–H groups in total. The van der Waals surface area contributed by atoms with Crippen molar-refractivity contribution in [1.29, 1.82) is 0 Å². The highest BCUT2D eigenvalue weighted by molar-refractivity contribution is 5.76. The molecule has 0 aromatic rings. The summed E-state index contributed by atoms with van der Waals surface area (Å²) in [6.07, 6.45) is 6.83. The van der Waals surface area contributed by atoms with Gasteiger partial charge in [-0.1, -0.05) is 6.42 Å². The molecule has 4 heteroatoms. The van der Waals surface area contributed by atoms with Crippen LogP contribution in [0.1, 0.15) is 38.5 Å². The van der Waals surface area contributed by atoms with E-state index in [-0.39, 0.29) is 0 Å². The summed E-state index contributed by atoms with van der Waals surface area (Å²) < 4.78 is 0. The van der Waals surface area contributed by atoms with E-state index in [0.717, 1.165) is 58.5 Å². The Morgan fingerprint density at radius 1 is 1.11 bits per heavy atom. The SMILES string of the molecule is NCCCN1CCCN(C(=O)CC2CCC2)CC1. The number of carbonyl (C=O) groups excluding carboxylic acids is 1. The smallest absolute Gasteiger partial charge is 0.222 e. The predicted molar refractivity (Wildman–Crippen MR) is 73.3 cm³/mol. The molecule has 18 heavy (non-hydrogen) atoms. The third-order valence-electron chi connectivity index (χ3n) is 4.31. The van der Waals surface area contributed by atoms with Crippen LogP contribution in [0.2, 0.25) is 0 Å². The summed E-state index contributed by atoms with van der Waals surface area (Å²) in [5, 5.41) is 0. The summed E-state index contributed by atoms with van der Waals surface area (Å²) in [4.78, 5) is 16.7. The fraction of sp³-hybridized carbons (Fsp3) is 0.929. The van der Waals surface area contributed by atoms with Crippen LogP contribution in [-0.2, 0) is 4.79 Å². The van der Waals surface area contributed by atoms with Crippen molar-refractivity contribution in [3.63, 3.8) is 0 Å². The zero-order valence-corrected chi connectivity index (χ0v) is 11.4. The second-order valence-corrected chi connectivity index (χ2v) is 5.72. The Bertz CT molecular complexity index is 266. The van der Waals surface area contributed by atoms with Crippen molar-refractivity contribution in [3.8, 4) is 0 Å². The van der Waals surface area contributed by atoms with E-state index >= 15 is 0 Å². The van der Waals surface area contributed by atoms with Crippen molar-refractivity contribution >= 4 is 5.91 Å². The van der Waals surface area contributed by atoms with Gasteiger partial charge in [-0.3, -0.25) is 4.79 Å². The molecule has 1 saturated heterocycles. The third kappa shape index (κ3) is 3.95. The highest BCUT2D eigenvalue weighted by Gasteiger charge is 2.25. The fourth-order valence-electron chi connectivity index (χ4n) is 2.83. The van der Waals surface area contributed by atoms with Gasteiger partial charge in [-0.25, -0.2) is 0 Å². The van der Waals surface area contributed by atoms with Gasteiger partial charge in [0.25, 0.3) is 0 Å². The lowest BCUT2D eigenvalue weighted by Gasteiger charge is -2.28. The van der Waals surface area contributed by atoms with Gasteiger partial charge >= 0.3 is 0 Å². The average molecular weight is 253 g/mol. The maximum Gasteiger partial charge on any atom is 0.222 e. The first-order chi connectivity index (χ1) is 8.79. The lowest BCUT2D eigenvalue weighted by atomic mass is 9.82. The van der Waals surface area contributed by atoms with E-state index in [1.54, 1.807) is 0 Å². The topological polar surface area (TPSA) is 49.6 Å². The molecule has 0 spiro atoms. The molecule has 2 aliphatic rings. The number of hydrogen-bond donors (Lipinski definition) is 1. The van der Waals surface area contributed by atoms with E-state index in [4.69, 9.17) is 5.73 Å². The number of amides is 1. The van der Waals surface area contributed by atoms with Gasteiger partial charge in [0.05, 0.1) is 0 Å². The lowest BCUT2D eigenvalue weighted by molar-refractivity contribution is -0.132. The third-order valence-corrected chi connectivity index (χ3v) is 4.31. The van der Waals surface area contributed by atoms with E-state index < -0.39 is 0 Å². The molecule has 0 radical (unpaired) electrons. The van der Waals surface area contributed by atoms with Gasteiger partial charge in [-0.2, -0.15) is 0 Å². The molecule has 2 rings (SSSR count). The van der Waals surface area contributed by atoms with Crippen LogP contribution in [0.5, 0.6) is 0 Å². The van der Waals surface area contributed by atoms with Crippen LogP contribution in [0.3, 0.4) is 0 Å².